The Kier molecular flexibility index (Phi) is 2.71. The minimum Gasteiger partial charge on any atom is -0.352 e. The van der Waals surface area contributed by atoms with Crippen LogP contribution in [0.4, 0.5) is 0 Å². The molecule has 90 valence electrons. The lowest BCUT2D eigenvalue weighted by atomic mass is 10.1. The standard InChI is InChI=1S/C11H14N4O2/c1-6-4-10-13-7(2)14-15(10)11(17)9(6)5-12-8(3)16/h4H,5H2,1-3H3,(H,12,16)(H,13,14). The molecule has 0 saturated heterocycles. The number of carbonyl (C=O) groups is 1. The first kappa shape index (κ1) is 11.4. The van der Waals surface area contributed by atoms with E-state index < -0.39 is 0 Å². The Balaban J connectivity index is 2.55. The first-order valence-corrected chi connectivity index (χ1v) is 5.31. The molecule has 0 atom stereocenters. The van der Waals surface area contributed by atoms with Gasteiger partial charge in [0, 0.05) is 19.0 Å². The highest BCUT2D eigenvalue weighted by Gasteiger charge is 2.10. The van der Waals surface area contributed by atoms with Crippen molar-refractivity contribution >= 4 is 11.6 Å². The molecule has 0 aromatic carbocycles. The van der Waals surface area contributed by atoms with Gasteiger partial charge in [-0.05, 0) is 25.5 Å². The summed E-state index contributed by atoms with van der Waals surface area (Å²) in [4.78, 5) is 27.2. The molecule has 17 heavy (non-hydrogen) atoms. The third-order valence-corrected chi connectivity index (χ3v) is 2.58. The summed E-state index contributed by atoms with van der Waals surface area (Å²) in [6.45, 7) is 5.28. The van der Waals surface area contributed by atoms with Crippen molar-refractivity contribution in [1.29, 1.82) is 0 Å². The normalized spacial score (nSPS) is 10.8. The van der Waals surface area contributed by atoms with Gasteiger partial charge in [0.05, 0.1) is 0 Å². The third-order valence-electron chi connectivity index (χ3n) is 2.58. The highest BCUT2D eigenvalue weighted by atomic mass is 16.1. The Morgan fingerprint density at radius 3 is 2.88 bits per heavy atom. The molecular weight excluding hydrogens is 220 g/mol. The fraction of sp³-hybridized carbons (Fsp3) is 0.364. The van der Waals surface area contributed by atoms with Gasteiger partial charge < -0.3 is 5.32 Å². The first-order valence-electron chi connectivity index (χ1n) is 5.31. The molecule has 0 unspecified atom stereocenters. The van der Waals surface area contributed by atoms with Gasteiger partial charge in [-0.3, -0.25) is 14.7 Å². The molecule has 2 aromatic rings. The fourth-order valence-corrected chi connectivity index (χ4v) is 1.73. The number of pyridine rings is 1. The lowest BCUT2D eigenvalue weighted by Gasteiger charge is -2.05. The summed E-state index contributed by atoms with van der Waals surface area (Å²) in [5.41, 5.74) is 1.82. The zero-order valence-electron chi connectivity index (χ0n) is 10.00. The van der Waals surface area contributed by atoms with Gasteiger partial charge in [-0.1, -0.05) is 0 Å². The van der Waals surface area contributed by atoms with Gasteiger partial charge in [-0.25, -0.2) is 4.98 Å². The molecule has 0 saturated carbocycles. The monoisotopic (exact) mass is 234 g/mol. The molecule has 0 aliphatic rings. The molecule has 0 aliphatic carbocycles. The number of hydrogen-bond acceptors (Lipinski definition) is 3. The second-order valence-electron chi connectivity index (χ2n) is 4.02. The van der Waals surface area contributed by atoms with Crippen molar-refractivity contribution in [2.45, 2.75) is 27.3 Å². The minimum atomic E-state index is -0.172. The number of aryl methyl sites for hydroxylation is 2. The van der Waals surface area contributed by atoms with E-state index in [1.807, 2.05) is 13.0 Å². The van der Waals surface area contributed by atoms with E-state index in [1.54, 1.807) is 6.92 Å². The molecule has 0 aliphatic heterocycles. The molecular formula is C11H14N4O2. The first-order chi connectivity index (χ1) is 7.99. The van der Waals surface area contributed by atoms with Gasteiger partial charge >= 0.3 is 0 Å². The average Bonchev–Trinajstić information content (AvgIpc) is 2.58. The Morgan fingerprint density at radius 1 is 1.53 bits per heavy atom. The van der Waals surface area contributed by atoms with Crippen LogP contribution >= 0.6 is 0 Å². The van der Waals surface area contributed by atoms with Crippen molar-refractivity contribution < 1.29 is 4.79 Å². The molecule has 0 spiro atoms. The number of amides is 1. The SMILES string of the molecule is CC(=O)NCc1c(C)cc2nc(C)[nH]n2c1=O. The van der Waals surface area contributed by atoms with Crippen molar-refractivity contribution in [3.8, 4) is 0 Å². The van der Waals surface area contributed by atoms with Gasteiger partial charge in [0.25, 0.3) is 5.56 Å². The molecule has 6 heteroatoms. The van der Waals surface area contributed by atoms with E-state index in [0.29, 0.717) is 17.0 Å². The third kappa shape index (κ3) is 2.06. The maximum absolute atomic E-state index is 12.1. The van der Waals surface area contributed by atoms with E-state index in [-0.39, 0.29) is 18.0 Å². The smallest absolute Gasteiger partial charge is 0.276 e. The average molecular weight is 234 g/mol. The predicted octanol–water partition coefficient (Wildman–Crippen LogP) is 0.276. The van der Waals surface area contributed by atoms with Crippen molar-refractivity contribution in [2.24, 2.45) is 0 Å². The molecule has 2 heterocycles. The number of rotatable bonds is 2. The number of nitrogens with one attached hydrogen (secondary N) is 2. The molecule has 0 fully saturated rings. The molecule has 2 aromatic heterocycles. The zero-order chi connectivity index (χ0) is 12.6. The van der Waals surface area contributed by atoms with Crippen LogP contribution in [0.15, 0.2) is 10.9 Å². The van der Waals surface area contributed by atoms with Crippen LogP contribution < -0.4 is 10.9 Å². The van der Waals surface area contributed by atoms with Crippen LogP contribution in [-0.2, 0) is 11.3 Å². The molecule has 2 N–H and O–H groups in total. The van der Waals surface area contributed by atoms with E-state index >= 15 is 0 Å². The lowest BCUT2D eigenvalue weighted by molar-refractivity contribution is -0.119. The van der Waals surface area contributed by atoms with E-state index in [4.69, 9.17) is 0 Å². The molecule has 0 radical (unpaired) electrons. The Morgan fingerprint density at radius 2 is 2.24 bits per heavy atom. The molecule has 1 amide bonds. The largest absolute Gasteiger partial charge is 0.352 e. The number of aromatic amines is 1. The van der Waals surface area contributed by atoms with Crippen LogP contribution in [0.3, 0.4) is 0 Å². The summed E-state index contributed by atoms with van der Waals surface area (Å²) in [7, 11) is 0. The lowest BCUT2D eigenvalue weighted by Crippen LogP contribution is -2.27. The maximum Gasteiger partial charge on any atom is 0.276 e. The predicted molar refractivity (Wildman–Crippen MR) is 62.8 cm³/mol. The van der Waals surface area contributed by atoms with Gasteiger partial charge in [0.1, 0.15) is 5.82 Å². The Labute approximate surface area is 97.7 Å². The minimum absolute atomic E-state index is 0.158. The summed E-state index contributed by atoms with van der Waals surface area (Å²) in [5.74, 6) is 0.521. The summed E-state index contributed by atoms with van der Waals surface area (Å²) in [6, 6.07) is 1.82. The number of nitrogens with zero attached hydrogens (tertiary/aromatic N) is 2. The van der Waals surface area contributed by atoms with E-state index in [0.717, 1.165) is 5.56 Å². The van der Waals surface area contributed by atoms with Crippen LogP contribution in [0.1, 0.15) is 23.9 Å². The van der Waals surface area contributed by atoms with Crippen molar-refractivity contribution in [3.63, 3.8) is 0 Å². The van der Waals surface area contributed by atoms with Gasteiger partial charge in [-0.2, -0.15) is 4.52 Å². The molecule has 0 bridgehead atoms. The van der Waals surface area contributed by atoms with Gasteiger partial charge in [-0.15, -0.1) is 0 Å². The van der Waals surface area contributed by atoms with Gasteiger partial charge in [0.2, 0.25) is 5.91 Å². The number of hydrogen-bond donors (Lipinski definition) is 2. The fourth-order valence-electron chi connectivity index (χ4n) is 1.73. The maximum atomic E-state index is 12.1. The summed E-state index contributed by atoms with van der Waals surface area (Å²) in [6.07, 6.45) is 0. The number of aromatic nitrogens is 3. The quantitative estimate of drug-likeness (QED) is 0.783. The topological polar surface area (TPSA) is 79.3 Å². The highest BCUT2D eigenvalue weighted by molar-refractivity contribution is 5.72. The summed E-state index contributed by atoms with van der Waals surface area (Å²) in [5, 5.41) is 5.49. The number of fused-ring (bicyclic) bond motifs is 1. The highest BCUT2D eigenvalue weighted by Crippen LogP contribution is 2.06. The van der Waals surface area contributed by atoms with Crippen LogP contribution in [0.25, 0.3) is 5.65 Å². The van der Waals surface area contributed by atoms with Crippen molar-refractivity contribution in [2.75, 3.05) is 0 Å². The second kappa shape index (κ2) is 4.04. The summed E-state index contributed by atoms with van der Waals surface area (Å²) < 4.78 is 1.39. The number of H-pyrrole nitrogens is 1. The van der Waals surface area contributed by atoms with Crippen LogP contribution in [-0.4, -0.2) is 20.5 Å². The van der Waals surface area contributed by atoms with Crippen molar-refractivity contribution in [3.05, 3.63) is 33.4 Å². The van der Waals surface area contributed by atoms with E-state index in [2.05, 4.69) is 15.4 Å². The van der Waals surface area contributed by atoms with Crippen LogP contribution in [0.5, 0.6) is 0 Å². The van der Waals surface area contributed by atoms with Crippen LogP contribution in [0.2, 0.25) is 0 Å². The Bertz CT molecular complexity index is 639. The van der Waals surface area contributed by atoms with E-state index in [1.165, 1.54) is 11.4 Å². The van der Waals surface area contributed by atoms with Crippen molar-refractivity contribution in [1.82, 2.24) is 19.9 Å². The Hall–Kier alpha value is -2.11. The second-order valence-corrected chi connectivity index (χ2v) is 4.02. The number of carbonyl (C=O) groups excluding carboxylic acids is 1. The summed E-state index contributed by atoms with van der Waals surface area (Å²) >= 11 is 0. The molecule has 6 nitrogen and oxygen atoms in total. The molecule has 2 rings (SSSR count). The van der Waals surface area contributed by atoms with Crippen LogP contribution in [0, 0.1) is 13.8 Å². The zero-order valence-corrected chi connectivity index (χ0v) is 10.00. The van der Waals surface area contributed by atoms with E-state index in [9.17, 15) is 9.59 Å². The van der Waals surface area contributed by atoms with Gasteiger partial charge in [0.15, 0.2) is 5.65 Å².